The van der Waals surface area contributed by atoms with Crippen LogP contribution in [0.4, 0.5) is 11.6 Å². The maximum absolute atomic E-state index is 12.0. The van der Waals surface area contributed by atoms with Gasteiger partial charge in [-0.25, -0.2) is 9.97 Å². The van der Waals surface area contributed by atoms with Crippen LogP contribution in [0.1, 0.15) is 36.2 Å². The average molecular weight is 388 g/mol. The van der Waals surface area contributed by atoms with Crippen LogP contribution in [0.2, 0.25) is 5.15 Å². The van der Waals surface area contributed by atoms with Crippen LogP contribution in [-0.2, 0) is 9.47 Å². The van der Waals surface area contributed by atoms with Crippen molar-refractivity contribution in [1.82, 2.24) is 20.6 Å². The van der Waals surface area contributed by atoms with E-state index >= 15 is 0 Å². The van der Waals surface area contributed by atoms with Crippen LogP contribution in [0.5, 0.6) is 0 Å². The van der Waals surface area contributed by atoms with E-state index in [0.717, 1.165) is 32.3 Å². The zero-order valence-corrected chi connectivity index (χ0v) is 15.6. The summed E-state index contributed by atoms with van der Waals surface area (Å²) in [7, 11) is 1.64. The number of hydrogen-bond donors (Lipinski definition) is 5. The highest BCUT2D eigenvalue weighted by Gasteiger charge is 2.16. The summed E-state index contributed by atoms with van der Waals surface area (Å²) in [6.07, 6.45) is 3.87. The molecule has 0 atom stereocenters. The van der Waals surface area contributed by atoms with Crippen LogP contribution in [0, 0.1) is 5.41 Å². The molecule has 0 radical (unpaired) electrons. The molecule has 1 heterocycles. The van der Waals surface area contributed by atoms with E-state index in [1.165, 1.54) is 0 Å². The first kappa shape index (κ1) is 21.9. The average Bonchev–Trinajstić information content (AvgIpc) is 2.59. The lowest BCUT2D eigenvalue weighted by Crippen LogP contribution is -2.41. The predicted octanol–water partition coefficient (Wildman–Crippen LogP) is 0.772. The van der Waals surface area contributed by atoms with E-state index in [2.05, 4.69) is 20.6 Å². The van der Waals surface area contributed by atoms with Gasteiger partial charge in [0.2, 0.25) is 0 Å². The van der Waals surface area contributed by atoms with Gasteiger partial charge < -0.3 is 26.3 Å². The topological polar surface area (TPSA) is 161 Å². The number of methoxy groups -OCH3 is 1. The number of nitrogens with zero attached hydrogens (tertiary/aromatic N) is 2. The largest absolute Gasteiger partial charge is 0.382 e. The van der Waals surface area contributed by atoms with Crippen molar-refractivity contribution in [3.63, 3.8) is 0 Å². The Hall–Kier alpha value is -2.17. The number of carbonyl (C=O) groups is 1. The second-order valence-corrected chi connectivity index (χ2v) is 5.77. The number of anilines is 2. The summed E-state index contributed by atoms with van der Waals surface area (Å²) in [5, 5.41) is 12.7. The number of amides is 1. The molecule has 0 aromatic carbocycles. The second kappa shape index (κ2) is 12.2. The third-order valence-corrected chi connectivity index (χ3v) is 3.59. The van der Waals surface area contributed by atoms with Gasteiger partial charge >= 0.3 is 0 Å². The second-order valence-electron chi connectivity index (χ2n) is 5.41. The van der Waals surface area contributed by atoms with Gasteiger partial charge in [0.15, 0.2) is 28.4 Å². The van der Waals surface area contributed by atoms with E-state index in [9.17, 15) is 4.79 Å². The van der Waals surface area contributed by atoms with E-state index in [4.69, 9.17) is 38.0 Å². The van der Waals surface area contributed by atoms with E-state index in [-0.39, 0.29) is 28.4 Å². The van der Waals surface area contributed by atoms with Gasteiger partial charge in [-0.1, -0.05) is 24.4 Å². The summed E-state index contributed by atoms with van der Waals surface area (Å²) in [6, 6.07) is 0. The summed E-state index contributed by atoms with van der Waals surface area (Å²) in [5.41, 5.74) is 10.9. The summed E-state index contributed by atoms with van der Waals surface area (Å²) < 4.78 is 10.3. The van der Waals surface area contributed by atoms with Crippen LogP contribution in [-0.4, -0.2) is 55.3 Å². The van der Waals surface area contributed by atoms with Crippen LogP contribution in [0.15, 0.2) is 0 Å². The van der Waals surface area contributed by atoms with Crippen molar-refractivity contribution in [1.29, 1.82) is 5.41 Å². The first-order chi connectivity index (χ1) is 12.5. The fourth-order valence-corrected chi connectivity index (χ4v) is 2.09. The fraction of sp³-hybridized carbons (Fsp3) is 0.600. The van der Waals surface area contributed by atoms with Crippen molar-refractivity contribution >= 4 is 35.1 Å². The van der Waals surface area contributed by atoms with Gasteiger partial charge in [0.05, 0.1) is 13.2 Å². The molecule has 0 spiro atoms. The minimum atomic E-state index is -0.678. The smallest absolute Gasteiger partial charge is 0.280 e. The molecule has 0 aliphatic carbocycles. The Morgan fingerprint density at radius 2 is 1.85 bits per heavy atom. The first-order valence-corrected chi connectivity index (χ1v) is 8.62. The lowest BCUT2D eigenvalue weighted by atomic mass is 10.2. The molecule has 0 saturated heterocycles. The Kier molecular flexibility index (Phi) is 10.3. The number of halogens is 1. The first-order valence-electron chi connectivity index (χ1n) is 8.24. The number of rotatable bonds is 11. The molecule has 0 unspecified atom stereocenters. The lowest BCUT2D eigenvalue weighted by molar-refractivity contribution is 0.0686. The molecule has 7 N–H and O–H groups in total. The maximum Gasteiger partial charge on any atom is 0.280 e. The van der Waals surface area contributed by atoms with Gasteiger partial charge in [0.25, 0.3) is 5.91 Å². The van der Waals surface area contributed by atoms with Gasteiger partial charge in [-0.3, -0.25) is 15.5 Å². The summed E-state index contributed by atoms with van der Waals surface area (Å²) >= 11 is 5.73. The number of nitrogens with two attached hydrogens (primary N) is 2. The number of nitrogen functional groups attached to an aromatic ring is 2. The van der Waals surface area contributed by atoms with Crippen molar-refractivity contribution in [3.8, 4) is 0 Å². The van der Waals surface area contributed by atoms with Crippen LogP contribution < -0.4 is 22.1 Å². The Balaban J connectivity index is 2.17. The minimum Gasteiger partial charge on any atom is -0.382 e. The van der Waals surface area contributed by atoms with Crippen LogP contribution in [0.25, 0.3) is 0 Å². The molecule has 0 fully saturated rings. The molecule has 0 aliphatic heterocycles. The molecule has 146 valence electrons. The molecule has 0 saturated carbocycles. The number of nitrogens with one attached hydrogen (secondary N) is 3. The lowest BCUT2D eigenvalue weighted by Gasteiger charge is -2.10. The van der Waals surface area contributed by atoms with Gasteiger partial charge in [-0.2, -0.15) is 0 Å². The number of guanidine groups is 1. The van der Waals surface area contributed by atoms with E-state index in [1.807, 2.05) is 0 Å². The van der Waals surface area contributed by atoms with Gasteiger partial charge in [0, 0.05) is 20.3 Å². The third kappa shape index (κ3) is 8.28. The highest BCUT2D eigenvalue weighted by Crippen LogP contribution is 2.17. The molecule has 26 heavy (non-hydrogen) atoms. The molecule has 1 aromatic rings. The van der Waals surface area contributed by atoms with E-state index < -0.39 is 5.91 Å². The maximum atomic E-state index is 12.0. The Bertz CT molecular complexity index is 601. The summed E-state index contributed by atoms with van der Waals surface area (Å²) in [6.45, 7) is 2.50. The minimum absolute atomic E-state index is 0.0574. The fourth-order valence-electron chi connectivity index (χ4n) is 1.97. The summed E-state index contributed by atoms with van der Waals surface area (Å²) in [5.74, 6) is -1.03. The van der Waals surface area contributed by atoms with Crippen molar-refractivity contribution < 1.29 is 14.3 Å². The molecule has 0 aliphatic rings. The number of ether oxygens (including phenoxy) is 2. The van der Waals surface area contributed by atoms with E-state index in [0.29, 0.717) is 19.8 Å². The quantitative estimate of drug-likeness (QED) is 0.211. The summed E-state index contributed by atoms with van der Waals surface area (Å²) in [4.78, 5) is 19.5. The molecule has 1 rings (SSSR count). The highest BCUT2D eigenvalue weighted by molar-refractivity contribution is 6.31. The molecular formula is C15H26ClN7O3. The molecule has 11 heteroatoms. The van der Waals surface area contributed by atoms with Gasteiger partial charge in [-0.05, 0) is 12.8 Å². The van der Waals surface area contributed by atoms with Crippen molar-refractivity contribution in [2.45, 2.75) is 25.7 Å². The molecule has 10 nitrogen and oxygen atoms in total. The SMILES string of the molecule is COCCOCCCCCCNC(=N)NC(=O)c1nc(Cl)c(N)nc1N. The number of unbranched alkanes of at least 4 members (excludes halogenated alkanes) is 3. The Labute approximate surface area is 157 Å². The number of aromatic nitrogens is 2. The van der Waals surface area contributed by atoms with Crippen LogP contribution >= 0.6 is 11.6 Å². The molecule has 0 bridgehead atoms. The van der Waals surface area contributed by atoms with Crippen molar-refractivity contribution in [2.24, 2.45) is 0 Å². The molecular weight excluding hydrogens is 362 g/mol. The predicted molar refractivity (Wildman–Crippen MR) is 100 cm³/mol. The molecule has 1 amide bonds. The Morgan fingerprint density at radius 1 is 1.12 bits per heavy atom. The third-order valence-electron chi connectivity index (χ3n) is 3.31. The number of hydrogen-bond acceptors (Lipinski definition) is 8. The van der Waals surface area contributed by atoms with Crippen molar-refractivity contribution in [2.75, 3.05) is 44.9 Å². The monoisotopic (exact) mass is 387 g/mol. The zero-order chi connectivity index (χ0) is 19.4. The Morgan fingerprint density at radius 3 is 2.58 bits per heavy atom. The number of carbonyl (C=O) groups excluding carboxylic acids is 1. The van der Waals surface area contributed by atoms with Gasteiger partial charge in [-0.15, -0.1) is 0 Å². The molecule has 1 aromatic heterocycles. The standard InChI is InChI=1S/C15H26ClN7O3/c1-25-8-9-26-7-5-3-2-4-6-20-15(19)23-14(24)10-12(17)22-13(18)11(16)21-10/h2-9H2,1H3,(H4,17,18,22)(H3,19,20,23,24). The zero-order valence-electron chi connectivity index (χ0n) is 14.8. The van der Waals surface area contributed by atoms with Crippen LogP contribution in [0.3, 0.4) is 0 Å². The van der Waals surface area contributed by atoms with Crippen molar-refractivity contribution in [3.05, 3.63) is 10.8 Å². The van der Waals surface area contributed by atoms with Gasteiger partial charge in [0.1, 0.15) is 0 Å². The van der Waals surface area contributed by atoms with E-state index in [1.54, 1.807) is 7.11 Å². The normalized spacial score (nSPS) is 10.5. The highest BCUT2D eigenvalue weighted by atomic mass is 35.5.